The van der Waals surface area contributed by atoms with Crippen molar-refractivity contribution in [2.45, 2.75) is 13.0 Å². The Morgan fingerprint density at radius 3 is 2.50 bits per heavy atom. The number of imidazole rings is 1. The van der Waals surface area contributed by atoms with E-state index in [1.54, 1.807) is 13.3 Å². The topological polar surface area (TPSA) is 69.3 Å². The van der Waals surface area contributed by atoms with Crippen molar-refractivity contribution >= 4 is 11.5 Å². The lowest BCUT2D eigenvalue weighted by atomic mass is 10.1. The standard InChI is InChI=1S/C25H24N6O/c1-32-21-10-8-20(9-11-21)23-17-25-28-22(19-6-3-2-4-7-19)16-24(31(25)29-23)27-12-5-14-30-15-13-26-18-30/h2-4,6-11,13,15-18,27H,5,12,14H2,1H3. The number of anilines is 1. The SMILES string of the molecule is COc1ccc(-c2cc3nc(-c4ccccc4)cc(NCCCn4ccnc4)n3n2)cc1. The van der Waals surface area contributed by atoms with Crippen molar-refractivity contribution in [3.05, 3.63) is 85.5 Å². The molecule has 3 heterocycles. The van der Waals surface area contributed by atoms with Gasteiger partial charge in [0.2, 0.25) is 0 Å². The van der Waals surface area contributed by atoms with Gasteiger partial charge in [0, 0.05) is 48.7 Å². The van der Waals surface area contributed by atoms with Crippen LogP contribution in [0.25, 0.3) is 28.2 Å². The Morgan fingerprint density at radius 1 is 0.938 bits per heavy atom. The van der Waals surface area contributed by atoms with E-state index in [2.05, 4.69) is 33.1 Å². The molecule has 0 radical (unpaired) electrons. The van der Waals surface area contributed by atoms with Gasteiger partial charge in [-0.2, -0.15) is 9.61 Å². The van der Waals surface area contributed by atoms with E-state index >= 15 is 0 Å². The van der Waals surface area contributed by atoms with E-state index < -0.39 is 0 Å². The fourth-order valence-electron chi connectivity index (χ4n) is 3.66. The maximum Gasteiger partial charge on any atom is 0.158 e. The number of benzene rings is 2. The van der Waals surface area contributed by atoms with E-state index in [1.807, 2.05) is 65.6 Å². The normalized spacial score (nSPS) is 11.0. The lowest BCUT2D eigenvalue weighted by Gasteiger charge is -2.11. The first kappa shape index (κ1) is 19.8. The monoisotopic (exact) mass is 424 g/mol. The third kappa shape index (κ3) is 4.18. The van der Waals surface area contributed by atoms with Crippen molar-refractivity contribution < 1.29 is 4.74 Å². The number of fused-ring (bicyclic) bond motifs is 1. The average Bonchev–Trinajstić information content (AvgIpc) is 3.52. The Labute approximate surface area is 186 Å². The predicted molar refractivity (Wildman–Crippen MR) is 126 cm³/mol. The Kier molecular flexibility index (Phi) is 5.53. The van der Waals surface area contributed by atoms with Crippen LogP contribution in [-0.4, -0.2) is 37.8 Å². The number of nitrogens with zero attached hydrogens (tertiary/aromatic N) is 5. The van der Waals surface area contributed by atoms with Gasteiger partial charge in [-0.3, -0.25) is 0 Å². The molecule has 0 aliphatic rings. The minimum absolute atomic E-state index is 0.800. The van der Waals surface area contributed by atoms with Gasteiger partial charge in [-0.05, 0) is 30.7 Å². The molecule has 32 heavy (non-hydrogen) atoms. The highest BCUT2D eigenvalue weighted by Gasteiger charge is 2.12. The summed E-state index contributed by atoms with van der Waals surface area (Å²) in [6.45, 7) is 1.71. The van der Waals surface area contributed by atoms with Gasteiger partial charge in [0.15, 0.2) is 5.65 Å². The van der Waals surface area contributed by atoms with Crippen LogP contribution in [0.5, 0.6) is 5.75 Å². The van der Waals surface area contributed by atoms with Gasteiger partial charge in [0.1, 0.15) is 11.6 Å². The Bertz CT molecular complexity index is 1290. The van der Waals surface area contributed by atoms with Crippen molar-refractivity contribution in [2.24, 2.45) is 0 Å². The Morgan fingerprint density at radius 2 is 1.75 bits per heavy atom. The van der Waals surface area contributed by atoms with Crippen LogP contribution < -0.4 is 10.1 Å². The number of hydrogen-bond donors (Lipinski definition) is 1. The maximum atomic E-state index is 5.28. The van der Waals surface area contributed by atoms with Gasteiger partial charge in [-0.15, -0.1) is 0 Å². The van der Waals surface area contributed by atoms with E-state index in [0.717, 1.165) is 59.2 Å². The number of hydrogen-bond acceptors (Lipinski definition) is 5. The second-order valence-electron chi connectivity index (χ2n) is 7.50. The van der Waals surface area contributed by atoms with Gasteiger partial charge in [0.25, 0.3) is 0 Å². The van der Waals surface area contributed by atoms with E-state index in [9.17, 15) is 0 Å². The van der Waals surface area contributed by atoms with Crippen LogP contribution in [0.4, 0.5) is 5.82 Å². The molecule has 0 amide bonds. The number of aromatic nitrogens is 5. The van der Waals surface area contributed by atoms with Gasteiger partial charge in [-0.25, -0.2) is 9.97 Å². The quantitative estimate of drug-likeness (QED) is 0.363. The summed E-state index contributed by atoms with van der Waals surface area (Å²) >= 11 is 0. The highest BCUT2D eigenvalue weighted by molar-refractivity contribution is 5.70. The Balaban J connectivity index is 1.47. The fourth-order valence-corrected chi connectivity index (χ4v) is 3.66. The van der Waals surface area contributed by atoms with Gasteiger partial charge < -0.3 is 14.6 Å². The smallest absolute Gasteiger partial charge is 0.158 e. The zero-order valence-electron chi connectivity index (χ0n) is 17.8. The highest BCUT2D eigenvalue weighted by atomic mass is 16.5. The summed E-state index contributed by atoms with van der Waals surface area (Å²) in [5.74, 6) is 1.74. The van der Waals surface area contributed by atoms with Crippen molar-refractivity contribution in [3.8, 4) is 28.3 Å². The molecule has 0 bridgehead atoms. The molecule has 0 aliphatic heterocycles. The van der Waals surface area contributed by atoms with Crippen LogP contribution in [-0.2, 0) is 6.54 Å². The number of rotatable bonds is 8. The lowest BCUT2D eigenvalue weighted by Crippen LogP contribution is -2.10. The fraction of sp³-hybridized carbons (Fsp3) is 0.160. The van der Waals surface area contributed by atoms with E-state index in [1.165, 1.54) is 0 Å². The summed E-state index contributed by atoms with van der Waals surface area (Å²) in [4.78, 5) is 8.98. The predicted octanol–water partition coefficient (Wildman–Crippen LogP) is 4.77. The zero-order chi connectivity index (χ0) is 21.8. The maximum absolute atomic E-state index is 5.28. The molecular formula is C25H24N6O. The van der Waals surface area contributed by atoms with Gasteiger partial charge in [0.05, 0.1) is 24.8 Å². The van der Waals surface area contributed by atoms with E-state index in [4.69, 9.17) is 14.8 Å². The molecule has 0 saturated heterocycles. The molecule has 2 aromatic carbocycles. The Hall–Kier alpha value is -4.13. The number of ether oxygens (including phenoxy) is 1. The van der Waals surface area contributed by atoms with Gasteiger partial charge in [-0.1, -0.05) is 30.3 Å². The molecule has 0 aliphatic carbocycles. The minimum atomic E-state index is 0.800. The first-order valence-corrected chi connectivity index (χ1v) is 10.6. The van der Waals surface area contributed by atoms with Crippen LogP contribution in [0.3, 0.4) is 0 Å². The molecule has 3 aromatic heterocycles. The number of nitrogens with one attached hydrogen (secondary N) is 1. The first-order valence-electron chi connectivity index (χ1n) is 10.6. The molecule has 1 N–H and O–H groups in total. The molecule has 0 spiro atoms. The van der Waals surface area contributed by atoms with Gasteiger partial charge >= 0.3 is 0 Å². The molecule has 0 saturated carbocycles. The van der Waals surface area contributed by atoms with Crippen LogP contribution in [0, 0.1) is 0 Å². The minimum Gasteiger partial charge on any atom is -0.497 e. The number of methoxy groups -OCH3 is 1. The molecule has 0 atom stereocenters. The van der Waals surface area contributed by atoms with E-state index in [0.29, 0.717) is 0 Å². The summed E-state index contributed by atoms with van der Waals surface area (Å²) in [5, 5.41) is 8.39. The molecule has 0 fully saturated rings. The molecule has 160 valence electrons. The second-order valence-corrected chi connectivity index (χ2v) is 7.50. The van der Waals surface area contributed by atoms with Crippen molar-refractivity contribution in [1.82, 2.24) is 24.1 Å². The third-order valence-corrected chi connectivity index (χ3v) is 5.34. The highest BCUT2D eigenvalue weighted by Crippen LogP contribution is 2.27. The summed E-state index contributed by atoms with van der Waals surface area (Å²) in [6, 6.07) is 22.2. The first-order chi connectivity index (χ1) is 15.8. The molecular weight excluding hydrogens is 400 g/mol. The van der Waals surface area contributed by atoms with Crippen molar-refractivity contribution in [2.75, 3.05) is 19.0 Å². The third-order valence-electron chi connectivity index (χ3n) is 5.34. The molecule has 0 unspecified atom stereocenters. The summed E-state index contributed by atoms with van der Waals surface area (Å²) in [6.07, 6.45) is 6.59. The van der Waals surface area contributed by atoms with Crippen LogP contribution in [0.1, 0.15) is 6.42 Å². The summed E-state index contributed by atoms with van der Waals surface area (Å²) in [5.41, 5.74) is 4.67. The zero-order valence-corrected chi connectivity index (χ0v) is 17.8. The second kappa shape index (κ2) is 8.93. The lowest BCUT2D eigenvalue weighted by molar-refractivity contribution is 0.415. The summed E-state index contributed by atoms with van der Waals surface area (Å²) < 4.78 is 9.23. The van der Waals surface area contributed by atoms with E-state index in [-0.39, 0.29) is 0 Å². The molecule has 5 aromatic rings. The largest absolute Gasteiger partial charge is 0.497 e. The van der Waals surface area contributed by atoms with Crippen LogP contribution >= 0.6 is 0 Å². The summed E-state index contributed by atoms with van der Waals surface area (Å²) in [7, 11) is 1.67. The average molecular weight is 425 g/mol. The molecule has 5 rings (SSSR count). The van der Waals surface area contributed by atoms with Crippen LogP contribution in [0.2, 0.25) is 0 Å². The van der Waals surface area contributed by atoms with Crippen molar-refractivity contribution in [3.63, 3.8) is 0 Å². The van der Waals surface area contributed by atoms with Crippen LogP contribution in [0.15, 0.2) is 85.5 Å². The van der Waals surface area contributed by atoms with Crippen molar-refractivity contribution in [1.29, 1.82) is 0 Å². The molecule has 7 heteroatoms. The molecule has 7 nitrogen and oxygen atoms in total. The number of aryl methyl sites for hydroxylation is 1.